The van der Waals surface area contributed by atoms with Gasteiger partial charge in [0.15, 0.2) is 11.5 Å². The SMILES string of the molecule is Nc1oncc1-c1cc2c(cc1Cl)OCCCO2. The van der Waals surface area contributed by atoms with E-state index in [1.165, 1.54) is 6.20 Å². The van der Waals surface area contributed by atoms with Crippen molar-refractivity contribution in [1.29, 1.82) is 0 Å². The topological polar surface area (TPSA) is 70.5 Å². The van der Waals surface area contributed by atoms with Gasteiger partial charge in [0.05, 0.1) is 30.0 Å². The zero-order valence-electron chi connectivity index (χ0n) is 9.48. The van der Waals surface area contributed by atoms with E-state index >= 15 is 0 Å². The molecule has 0 spiro atoms. The maximum Gasteiger partial charge on any atom is 0.230 e. The lowest BCUT2D eigenvalue weighted by molar-refractivity contribution is 0.297. The normalized spacial score (nSPS) is 14.3. The Kier molecular flexibility index (Phi) is 2.76. The van der Waals surface area contributed by atoms with Crippen molar-refractivity contribution in [2.45, 2.75) is 6.42 Å². The summed E-state index contributed by atoms with van der Waals surface area (Å²) in [6, 6.07) is 3.52. The van der Waals surface area contributed by atoms with Crippen LogP contribution in [-0.4, -0.2) is 18.4 Å². The lowest BCUT2D eigenvalue weighted by atomic mass is 10.1. The van der Waals surface area contributed by atoms with Crippen molar-refractivity contribution in [2.75, 3.05) is 18.9 Å². The minimum Gasteiger partial charge on any atom is -0.490 e. The van der Waals surface area contributed by atoms with E-state index in [1.807, 2.05) is 0 Å². The van der Waals surface area contributed by atoms with Crippen LogP contribution >= 0.6 is 11.6 Å². The Morgan fingerprint density at radius 1 is 1.11 bits per heavy atom. The van der Waals surface area contributed by atoms with E-state index < -0.39 is 0 Å². The van der Waals surface area contributed by atoms with Gasteiger partial charge in [0.25, 0.3) is 0 Å². The highest BCUT2D eigenvalue weighted by Crippen LogP contribution is 2.41. The second-order valence-corrected chi connectivity index (χ2v) is 4.34. The zero-order chi connectivity index (χ0) is 12.5. The van der Waals surface area contributed by atoms with Crippen LogP contribution in [0.15, 0.2) is 22.9 Å². The van der Waals surface area contributed by atoms with Crippen molar-refractivity contribution in [3.8, 4) is 22.6 Å². The number of benzene rings is 1. The highest BCUT2D eigenvalue weighted by atomic mass is 35.5. The van der Waals surface area contributed by atoms with Gasteiger partial charge in [-0.25, -0.2) is 0 Å². The molecule has 0 unspecified atom stereocenters. The van der Waals surface area contributed by atoms with Gasteiger partial charge in [0.1, 0.15) is 0 Å². The Hall–Kier alpha value is -1.88. The number of fused-ring (bicyclic) bond motifs is 1. The van der Waals surface area contributed by atoms with E-state index in [0.29, 0.717) is 35.3 Å². The number of hydrogen-bond donors (Lipinski definition) is 1. The molecule has 0 radical (unpaired) electrons. The second-order valence-electron chi connectivity index (χ2n) is 3.93. The Balaban J connectivity index is 2.11. The summed E-state index contributed by atoms with van der Waals surface area (Å²) in [5, 5.41) is 4.16. The molecule has 1 aliphatic rings. The molecule has 94 valence electrons. The Morgan fingerprint density at radius 2 is 1.83 bits per heavy atom. The van der Waals surface area contributed by atoms with Crippen LogP contribution in [0, 0.1) is 0 Å². The molecule has 2 heterocycles. The van der Waals surface area contributed by atoms with Crippen LogP contribution in [0.4, 0.5) is 5.88 Å². The first-order chi connectivity index (χ1) is 8.75. The predicted molar refractivity (Wildman–Crippen MR) is 67.0 cm³/mol. The number of ether oxygens (including phenoxy) is 2. The molecule has 2 aromatic rings. The average molecular weight is 267 g/mol. The molecule has 0 saturated carbocycles. The van der Waals surface area contributed by atoms with Crippen LogP contribution in [0.1, 0.15) is 6.42 Å². The standard InChI is InChI=1S/C12H11ClN2O3/c13-9-5-11-10(16-2-1-3-17-11)4-7(9)8-6-15-18-12(8)14/h4-6H,1-3,14H2. The predicted octanol–water partition coefficient (Wildman–Crippen LogP) is 2.74. The molecule has 1 aliphatic heterocycles. The van der Waals surface area contributed by atoms with Crippen LogP contribution in [0.2, 0.25) is 5.02 Å². The summed E-state index contributed by atoms with van der Waals surface area (Å²) >= 11 is 6.22. The van der Waals surface area contributed by atoms with Crippen LogP contribution < -0.4 is 15.2 Å². The van der Waals surface area contributed by atoms with Crippen molar-refractivity contribution in [3.63, 3.8) is 0 Å². The molecule has 6 heteroatoms. The van der Waals surface area contributed by atoms with Crippen molar-refractivity contribution in [2.24, 2.45) is 0 Å². The fourth-order valence-corrected chi connectivity index (χ4v) is 2.10. The van der Waals surface area contributed by atoms with E-state index in [1.54, 1.807) is 12.1 Å². The molecule has 0 aliphatic carbocycles. The van der Waals surface area contributed by atoms with E-state index in [9.17, 15) is 0 Å². The van der Waals surface area contributed by atoms with E-state index in [2.05, 4.69) is 5.16 Å². The van der Waals surface area contributed by atoms with Crippen molar-refractivity contribution >= 4 is 17.5 Å². The van der Waals surface area contributed by atoms with Gasteiger partial charge in [-0.15, -0.1) is 0 Å². The first-order valence-corrected chi connectivity index (χ1v) is 5.93. The highest BCUT2D eigenvalue weighted by Gasteiger charge is 2.17. The molecule has 0 bridgehead atoms. The molecule has 2 N–H and O–H groups in total. The Morgan fingerprint density at radius 3 is 2.50 bits per heavy atom. The van der Waals surface area contributed by atoms with Gasteiger partial charge in [-0.3, -0.25) is 0 Å². The largest absolute Gasteiger partial charge is 0.490 e. The summed E-state index contributed by atoms with van der Waals surface area (Å²) < 4.78 is 16.0. The molecular formula is C12H11ClN2O3. The third-order valence-electron chi connectivity index (χ3n) is 2.73. The molecule has 1 aromatic carbocycles. The maximum atomic E-state index is 6.22. The summed E-state index contributed by atoms with van der Waals surface area (Å²) in [4.78, 5) is 0. The van der Waals surface area contributed by atoms with Gasteiger partial charge in [-0.05, 0) is 6.07 Å². The van der Waals surface area contributed by atoms with E-state index in [-0.39, 0.29) is 5.88 Å². The summed E-state index contributed by atoms with van der Waals surface area (Å²) in [6.07, 6.45) is 2.37. The summed E-state index contributed by atoms with van der Waals surface area (Å²) in [5.74, 6) is 1.54. The molecule has 0 fully saturated rings. The van der Waals surface area contributed by atoms with Gasteiger partial charge in [0.2, 0.25) is 5.88 Å². The zero-order valence-corrected chi connectivity index (χ0v) is 10.2. The van der Waals surface area contributed by atoms with E-state index in [4.69, 9.17) is 31.3 Å². The monoisotopic (exact) mass is 266 g/mol. The number of rotatable bonds is 1. The fourth-order valence-electron chi connectivity index (χ4n) is 1.84. The van der Waals surface area contributed by atoms with Crippen LogP contribution in [0.5, 0.6) is 11.5 Å². The van der Waals surface area contributed by atoms with Gasteiger partial charge >= 0.3 is 0 Å². The first-order valence-electron chi connectivity index (χ1n) is 5.55. The third kappa shape index (κ3) is 1.86. The van der Waals surface area contributed by atoms with E-state index in [0.717, 1.165) is 12.0 Å². The molecular weight excluding hydrogens is 256 g/mol. The Bertz CT molecular complexity index is 583. The smallest absolute Gasteiger partial charge is 0.230 e. The van der Waals surface area contributed by atoms with Crippen molar-refractivity contribution in [3.05, 3.63) is 23.4 Å². The number of nitrogen functional groups attached to an aromatic ring is 1. The minimum absolute atomic E-state index is 0.228. The molecule has 0 atom stereocenters. The quantitative estimate of drug-likeness (QED) is 0.859. The van der Waals surface area contributed by atoms with Gasteiger partial charge in [-0.1, -0.05) is 16.8 Å². The molecule has 3 rings (SSSR count). The lowest BCUT2D eigenvalue weighted by Gasteiger charge is -2.10. The minimum atomic E-state index is 0.228. The second kappa shape index (κ2) is 4.42. The molecule has 0 saturated heterocycles. The average Bonchev–Trinajstić information content (AvgIpc) is 2.64. The van der Waals surface area contributed by atoms with Gasteiger partial charge < -0.3 is 19.7 Å². The number of hydrogen-bond acceptors (Lipinski definition) is 5. The highest BCUT2D eigenvalue weighted by molar-refractivity contribution is 6.33. The molecule has 18 heavy (non-hydrogen) atoms. The van der Waals surface area contributed by atoms with Crippen LogP contribution in [0.25, 0.3) is 11.1 Å². The molecule has 1 aromatic heterocycles. The van der Waals surface area contributed by atoms with Crippen molar-refractivity contribution in [1.82, 2.24) is 5.16 Å². The first kappa shape index (κ1) is 11.2. The van der Waals surface area contributed by atoms with Crippen LogP contribution in [0.3, 0.4) is 0 Å². The van der Waals surface area contributed by atoms with Crippen molar-refractivity contribution < 1.29 is 14.0 Å². The maximum absolute atomic E-state index is 6.22. The third-order valence-corrected chi connectivity index (χ3v) is 3.04. The number of aromatic nitrogens is 1. The summed E-state index contributed by atoms with van der Waals surface area (Å²) in [6.45, 7) is 1.24. The number of nitrogens with zero attached hydrogens (tertiary/aromatic N) is 1. The number of halogens is 1. The summed E-state index contributed by atoms with van der Waals surface area (Å²) in [5.41, 5.74) is 7.06. The molecule has 5 nitrogen and oxygen atoms in total. The Labute approximate surface area is 108 Å². The lowest BCUT2D eigenvalue weighted by Crippen LogP contribution is -1.97. The number of nitrogens with two attached hydrogens (primary N) is 1. The fraction of sp³-hybridized carbons (Fsp3) is 0.250. The van der Waals surface area contributed by atoms with Gasteiger partial charge in [0, 0.05) is 18.1 Å². The molecule has 0 amide bonds. The number of anilines is 1. The summed E-state index contributed by atoms with van der Waals surface area (Å²) in [7, 11) is 0. The van der Waals surface area contributed by atoms with Gasteiger partial charge in [-0.2, -0.15) is 0 Å². The van der Waals surface area contributed by atoms with Crippen LogP contribution in [-0.2, 0) is 0 Å².